The second-order valence-corrected chi connectivity index (χ2v) is 8.51. The Balaban J connectivity index is 1.52. The number of hydrogen-bond donors (Lipinski definition) is 3. The molecular formula is C20H23N3O6S. The van der Waals surface area contributed by atoms with E-state index < -0.39 is 22.0 Å². The van der Waals surface area contributed by atoms with E-state index in [4.69, 9.17) is 9.47 Å². The van der Waals surface area contributed by atoms with Crippen molar-refractivity contribution in [3.63, 3.8) is 0 Å². The molecule has 3 N–H and O–H groups in total. The lowest BCUT2D eigenvalue weighted by atomic mass is 10.2. The summed E-state index contributed by atoms with van der Waals surface area (Å²) in [7, 11) is -3.91. The van der Waals surface area contributed by atoms with Crippen molar-refractivity contribution in [3.05, 3.63) is 48.5 Å². The third kappa shape index (κ3) is 5.49. The molecule has 2 atom stereocenters. The van der Waals surface area contributed by atoms with E-state index >= 15 is 0 Å². The van der Waals surface area contributed by atoms with Crippen molar-refractivity contribution in [1.29, 1.82) is 0 Å². The highest BCUT2D eigenvalue weighted by Gasteiger charge is 2.25. The smallest absolute Gasteiger partial charge is 0.241 e. The third-order valence-corrected chi connectivity index (χ3v) is 5.84. The fourth-order valence-electron chi connectivity index (χ4n) is 2.81. The zero-order valence-electron chi connectivity index (χ0n) is 16.5. The predicted octanol–water partition coefficient (Wildman–Crippen LogP) is 1.27. The lowest BCUT2D eigenvalue weighted by Crippen LogP contribution is -2.48. The van der Waals surface area contributed by atoms with Gasteiger partial charge in [0, 0.05) is 12.6 Å². The van der Waals surface area contributed by atoms with Gasteiger partial charge in [0.15, 0.2) is 11.5 Å². The molecule has 10 heteroatoms. The summed E-state index contributed by atoms with van der Waals surface area (Å²) < 4.78 is 38.7. The molecule has 0 aliphatic carbocycles. The van der Waals surface area contributed by atoms with E-state index in [2.05, 4.69) is 15.4 Å². The van der Waals surface area contributed by atoms with Gasteiger partial charge < -0.3 is 20.1 Å². The molecule has 1 aliphatic heterocycles. The van der Waals surface area contributed by atoms with E-state index in [0.717, 1.165) is 0 Å². The minimum Gasteiger partial charge on any atom is -0.486 e. The van der Waals surface area contributed by atoms with Gasteiger partial charge in [-0.05, 0) is 43.3 Å². The molecule has 0 saturated carbocycles. The van der Waals surface area contributed by atoms with E-state index in [-0.39, 0.29) is 30.1 Å². The third-order valence-electron chi connectivity index (χ3n) is 4.28. The van der Waals surface area contributed by atoms with Crippen molar-refractivity contribution >= 4 is 27.5 Å². The summed E-state index contributed by atoms with van der Waals surface area (Å²) in [5.41, 5.74) is 0.475. The Hall–Kier alpha value is -3.11. The van der Waals surface area contributed by atoms with Crippen LogP contribution in [-0.4, -0.2) is 45.5 Å². The maximum Gasteiger partial charge on any atom is 0.241 e. The molecule has 1 aliphatic rings. The number of para-hydroxylation sites is 2. The maximum atomic E-state index is 12.5. The summed E-state index contributed by atoms with van der Waals surface area (Å²) in [4.78, 5) is 23.4. The molecule has 2 aromatic carbocycles. The number of nitrogens with one attached hydrogen (secondary N) is 3. The number of carbonyl (C=O) groups excluding carboxylic acids is 2. The Morgan fingerprint density at radius 1 is 1.10 bits per heavy atom. The Kier molecular flexibility index (Phi) is 6.58. The quantitative estimate of drug-likeness (QED) is 0.604. The van der Waals surface area contributed by atoms with Gasteiger partial charge >= 0.3 is 0 Å². The fraction of sp³-hybridized carbons (Fsp3) is 0.300. The zero-order chi connectivity index (χ0) is 21.7. The number of fused-ring (bicyclic) bond motifs is 1. The van der Waals surface area contributed by atoms with Crippen molar-refractivity contribution in [3.8, 4) is 11.5 Å². The number of rotatable bonds is 7. The first-order chi connectivity index (χ1) is 14.2. The molecule has 30 heavy (non-hydrogen) atoms. The number of hydrogen-bond acceptors (Lipinski definition) is 6. The van der Waals surface area contributed by atoms with Crippen LogP contribution >= 0.6 is 0 Å². The Morgan fingerprint density at radius 3 is 2.43 bits per heavy atom. The van der Waals surface area contributed by atoms with Gasteiger partial charge in [-0.2, -0.15) is 4.72 Å². The second-order valence-electron chi connectivity index (χ2n) is 6.79. The standard InChI is InChI=1S/C20H23N3O6S/c1-13(23-30(26,27)17-9-7-15(8-10-17)22-14(2)24)20(25)21-11-16-12-28-18-5-3-4-6-19(18)29-16/h3-10,13,16,23H,11-12H2,1-2H3,(H,21,25)(H,22,24). The number of carbonyl (C=O) groups is 2. The van der Waals surface area contributed by atoms with Crippen LogP contribution in [0.5, 0.6) is 11.5 Å². The Morgan fingerprint density at radius 2 is 1.77 bits per heavy atom. The first-order valence-electron chi connectivity index (χ1n) is 9.31. The molecule has 3 rings (SSSR count). The average molecular weight is 433 g/mol. The lowest BCUT2D eigenvalue weighted by molar-refractivity contribution is -0.122. The van der Waals surface area contributed by atoms with Gasteiger partial charge in [-0.25, -0.2) is 8.42 Å². The van der Waals surface area contributed by atoms with Gasteiger partial charge in [-0.3, -0.25) is 9.59 Å². The molecule has 0 spiro atoms. The summed E-state index contributed by atoms with van der Waals surface area (Å²) in [6.45, 7) is 3.25. The van der Waals surface area contributed by atoms with Crippen LogP contribution in [0.4, 0.5) is 5.69 Å². The highest BCUT2D eigenvalue weighted by Crippen LogP contribution is 2.30. The number of benzene rings is 2. The fourth-order valence-corrected chi connectivity index (χ4v) is 4.01. The highest BCUT2D eigenvalue weighted by atomic mass is 32.2. The zero-order valence-corrected chi connectivity index (χ0v) is 17.4. The van der Waals surface area contributed by atoms with E-state index in [9.17, 15) is 18.0 Å². The van der Waals surface area contributed by atoms with E-state index in [1.165, 1.54) is 38.1 Å². The van der Waals surface area contributed by atoms with Crippen LogP contribution in [0.2, 0.25) is 0 Å². The summed E-state index contributed by atoms with van der Waals surface area (Å²) >= 11 is 0. The van der Waals surface area contributed by atoms with E-state index in [1.54, 1.807) is 12.1 Å². The van der Waals surface area contributed by atoms with Gasteiger partial charge in [-0.15, -0.1) is 0 Å². The van der Waals surface area contributed by atoms with Crippen molar-refractivity contribution in [2.45, 2.75) is 30.9 Å². The van der Waals surface area contributed by atoms with Crippen LogP contribution in [0.1, 0.15) is 13.8 Å². The van der Waals surface area contributed by atoms with Gasteiger partial charge in [0.05, 0.1) is 17.5 Å². The Bertz CT molecular complexity index is 1020. The van der Waals surface area contributed by atoms with Crippen LogP contribution in [0.3, 0.4) is 0 Å². The summed E-state index contributed by atoms with van der Waals surface area (Å²) in [5, 5.41) is 5.23. The van der Waals surface area contributed by atoms with Crippen molar-refractivity contribution in [2.24, 2.45) is 0 Å². The van der Waals surface area contributed by atoms with Crippen molar-refractivity contribution < 1.29 is 27.5 Å². The molecule has 0 radical (unpaired) electrons. The van der Waals surface area contributed by atoms with Gasteiger partial charge in [0.25, 0.3) is 0 Å². The van der Waals surface area contributed by atoms with Crippen LogP contribution < -0.4 is 24.8 Å². The number of ether oxygens (including phenoxy) is 2. The lowest BCUT2D eigenvalue weighted by Gasteiger charge is -2.27. The topological polar surface area (TPSA) is 123 Å². The molecule has 0 aromatic heterocycles. The molecule has 0 saturated heterocycles. The first kappa shape index (κ1) is 21.6. The summed E-state index contributed by atoms with van der Waals surface area (Å²) in [5.74, 6) is 0.492. The largest absolute Gasteiger partial charge is 0.486 e. The highest BCUT2D eigenvalue weighted by molar-refractivity contribution is 7.89. The average Bonchev–Trinajstić information content (AvgIpc) is 2.71. The van der Waals surface area contributed by atoms with E-state index in [0.29, 0.717) is 17.2 Å². The van der Waals surface area contributed by atoms with Gasteiger partial charge in [0.2, 0.25) is 21.8 Å². The van der Waals surface area contributed by atoms with Crippen molar-refractivity contribution in [2.75, 3.05) is 18.5 Å². The SMILES string of the molecule is CC(=O)Nc1ccc(S(=O)(=O)NC(C)C(=O)NCC2COc3ccccc3O2)cc1. The Labute approximate surface area is 174 Å². The molecule has 0 fully saturated rings. The van der Waals surface area contributed by atoms with Gasteiger partial charge in [0.1, 0.15) is 12.7 Å². The van der Waals surface area contributed by atoms with Crippen molar-refractivity contribution in [1.82, 2.24) is 10.0 Å². The molecule has 9 nitrogen and oxygen atoms in total. The monoisotopic (exact) mass is 433 g/mol. The molecule has 2 unspecified atom stereocenters. The predicted molar refractivity (Wildman–Crippen MR) is 110 cm³/mol. The normalized spacial score (nSPS) is 16.4. The first-order valence-corrected chi connectivity index (χ1v) is 10.8. The van der Waals surface area contributed by atoms with Crippen LogP contribution in [0, 0.1) is 0 Å². The molecule has 1 heterocycles. The van der Waals surface area contributed by atoms with Crippen LogP contribution in [0.25, 0.3) is 0 Å². The molecular weight excluding hydrogens is 410 g/mol. The molecule has 0 bridgehead atoms. The van der Waals surface area contributed by atoms with E-state index in [1.807, 2.05) is 12.1 Å². The molecule has 160 valence electrons. The number of sulfonamides is 1. The second kappa shape index (κ2) is 9.14. The minimum atomic E-state index is -3.91. The minimum absolute atomic E-state index is 0.0168. The number of amides is 2. The van der Waals surface area contributed by atoms with Crippen LogP contribution in [-0.2, 0) is 19.6 Å². The maximum absolute atomic E-state index is 12.5. The number of anilines is 1. The molecule has 2 amide bonds. The van der Waals surface area contributed by atoms with Crippen LogP contribution in [0.15, 0.2) is 53.4 Å². The summed E-state index contributed by atoms with van der Waals surface area (Å²) in [6, 6.07) is 11.9. The summed E-state index contributed by atoms with van der Waals surface area (Å²) in [6.07, 6.45) is -0.381. The molecule has 2 aromatic rings. The van der Waals surface area contributed by atoms with Gasteiger partial charge in [-0.1, -0.05) is 12.1 Å².